The van der Waals surface area contributed by atoms with Gasteiger partial charge < -0.3 is 23.7 Å². The van der Waals surface area contributed by atoms with E-state index in [0.29, 0.717) is 34.8 Å². The average molecular weight is 530 g/mol. The lowest BCUT2D eigenvalue weighted by Gasteiger charge is -2.34. The monoisotopic (exact) mass is 529 g/mol. The van der Waals surface area contributed by atoms with Crippen LogP contribution >= 0.6 is 0 Å². The third-order valence-electron chi connectivity index (χ3n) is 6.13. The molecule has 200 valence electrons. The van der Waals surface area contributed by atoms with Crippen molar-refractivity contribution in [3.63, 3.8) is 0 Å². The van der Waals surface area contributed by atoms with Gasteiger partial charge >= 0.3 is 0 Å². The molecule has 9 heteroatoms. The van der Waals surface area contributed by atoms with Crippen molar-refractivity contribution in [3.05, 3.63) is 89.5 Å². The lowest BCUT2D eigenvalue weighted by molar-refractivity contribution is -0.111. The third kappa shape index (κ3) is 7.23. The predicted octanol–water partition coefficient (Wildman–Crippen LogP) is 4.45. The first-order valence-electron chi connectivity index (χ1n) is 11.8. The molecule has 3 aromatic carbocycles. The van der Waals surface area contributed by atoms with E-state index in [4.69, 9.17) is 23.7 Å². The van der Waals surface area contributed by atoms with Crippen molar-refractivity contribution in [1.82, 2.24) is 4.31 Å². The summed E-state index contributed by atoms with van der Waals surface area (Å²) in [6, 6.07) is 21.4. The highest BCUT2D eigenvalue weighted by Crippen LogP contribution is 2.40. The second kappa shape index (κ2) is 13.4. The SMILES string of the molecule is COc1ccc(CC(c2cccc(OC)c2OC)N(CC(OC)OC)S(=O)(=O)Cc2ccccc2)cc1. The van der Waals surface area contributed by atoms with Crippen LogP contribution in [0.15, 0.2) is 72.8 Å². The highest BCUT2D eigenvalue weighted by atomic mass is 32.2. The van der Waals surface area contributed by atoms with Crippen molar-refractivity contribution < 1.29 is 32.1 Å². The summed E-state index contributed by atoms with van der Waals surface area (Å²) in [6.45, 7) is -0.0245. The van der Waals surface area contributed by atoms with Crippen molar-refractivity contribution >= 4 is 10.0 Å². The number of rotatable bonds is 14. The van der Waals surface area contributed by atoms with E-state index >= 15 is 0 Å². The molecule has 37 heavy (non-hydrogen) atoms. The molecule has 8 nitrogen and oxygen atoms in total. The van der Waals surface area contributed by atoms with Crippen molar-refractivity contribution in [3.8, 4) is 17.2 Å². The Morgan fingerprint density at radius 3 is 1.97 bits per heavy atom. The average Bonchev–Trinajstić information content (AvgIpc) is 2.92. The van der Waals surface area contributed by atoms with Crippen molar-refractivity contribution in [1.29, 1.82) is 0 Å². The highest BCUT2D eigenvalue weighted by molar-refractivity contribution is 7.88. The Hall–Kier alpha value is -3.11. The Morgan fingerprint density at radius 1 is 0.730 bits per heavy atom. The van der Waals surface area contributed by atoms with Gasteiger partial charge in [0.25, 0.3) is 0 Å². The summed E-state index contributed by atoms with van der Waals surface area (Å²) >= 11 is 0. The minimum Gasteiger partial charge on any atom is -0.497 e. The van der Waals surface area contributed by atoms with E-state index < -0.39 is 22.4 Å². The van der Waals surface area contributed by atoms with Crippen molar-refractivity contribution in [2.45, 2.75) is 24.5 Å². The van der Waals surface area contributed by atoms with Gasteiger partial charge in [0, 0.05) is 19.8 Å². The molecular weight excluding hydrogens is 494 g/mol. The maximum absolute atomic E-state index is 14.0. The van der Waals surface area contributed by atoms with Gasteiger partial charge in [0.15, 0.2) is 17.8 Å². The van der Waals surface area contributed by atoms with Gasteiger partial charge in [0.05, 0.1) is 39.7 Å². The van der Waals surface area contributed by atoms with Gasteiger partial charge in [-0.25, -0.2) is 8.42 Å². The first-order valence-corrected chi connectivity index (χ1v) is 13.4. The summed E-state index contributed by atoms with van der Waals surface area (Å²) in [7, 11) is 3.81. The third-order valence-corrected chi connectivity index (χ3v) is 7.95. The summed E-state index contributed by atoms with van der Waals surface area (Å²) in [6.07, 6.45) is -0.415. The molecule has 0 fully saturated rings. The number of ether oxygens (including phenoxy) is 5. The van der Waals surface area contributed by atoms with Gasteiger partial charge in [-0.05, 0) is 35.7 Å². The van der Waals surface area contributed by atoms with Crippen LogP contribution in [-0.2, 0) is 31.7 Å². The number of hydrogen-bond donors (Lipinski definition) is 0. The van der Waals surface area contributed by atoms with E-state index in [-0.39, 0.29) is 12.3 Å². The molecule has 3 rings (SSSR count). The van der Waals surface area contributed by atoms with Crippen LogP contribution in [0, 0.1) is 0 Å². The standard InChI is InChI=1S/C28H35NO7S/c1-32-23-16-14-21(15-17-23)18-25(24-12-9-13-26(33-2)28(24)36-5)29(19-27(34-3)35-4)37(30,31)20-22-10-7-6-8-11-22/h6-17,25,27H,18-20H2,1-5H3. The highest BCUT2D eigenvalue weighted by Gasteiger charge is 2.36. The number of sulfonamides is 1. The lowest BCUT2D eigenvalue weighted by atomic mass is 9.97. The number of hydrogen-bond acceptors (Lipinski definition) is 7. The van der Waals surface area contributed by atoms with Crippen LogP contribution in [0.1, 0.15) is 22.7 Å². The molecule has 0 N–H and O–H groups in total. The van der Waals surface area contributed by atoms with E-state index in [1.165, 1.54) is 18.5 Å². The van der Waals surface area contributed by atoms with E-state index in [2.05, 4.69) is 0 Å². The van der Waals surface area contributed by atoms with Crippen LogP contribution < -0.4 is 14.2 Å². The zero-order valence-electron chi connectivity index (χ0n) is 21.9. The molecule has 0 aliphatic carbocycles. The molecular formula is C28H35NO7S. The number of methoxy groups -OCH3 is 5. The van der Waals surface area contributed by atoms with Gasteiger partial charge in [-0.1, -0.05) is 54.6 Å². The largest absolute Gasteiger partial charge is 0.497 e. The first-order chi connectivity index (χ1) is 17.9. The lowest BCUT2D eigenvalue weighted by Crippen LogP contribution is -2.43. The fourth-order valence-electron chi connectivity index (χ4n) is 4.22. The number of benzene rings is 3. The molecule has 0 saturated heterocycles. The Bertz CT molecular complexity index is 1210. The van der Waals surface area contributed by atoms with Crippen LogP contribution in [-0.4, -0.2) is 61.1 Å². The second-order valence-corrected chi connectivity index (χ2v) is 10.3. The molecule has 0 saturated carbocycles. The molecule has 3 aromatic rings. The van der Waals surface area contributed by atoms with E-state index in [1.807, 2.05) is 54.6 Å². The van der Waals surface area contributed by atoms with Crippen molar-refractivity contribution in [2.75, 3.05) is 42.1 Å². The minimum atomic E-state index is -3.86. The van der Waals surface area contributed by atoms with E-state index in [0.717, 1.165) is 5.56 Å². The quantitative estimate of drug-likeness (QED) is 0.285. The molecule has 0 radical (unpaired) electrons. The second-order valence-electron chi connectivity index (χ2n) is 8.36. The Morgan fingerprint density at radius 2 is 1.41 bits per heavy atom. The zero-order valence-corrected chi connectivity index (χ0v) is 22.7. The van der Waals surface area contributed by atoms with Crippen LogP contribution in [0.5, 0.6) is 17.2 Å². The van der Waals surface area contributed by atoms with Gasteiger partial charge in [-0.15, -0.1) is 0 Å². The molecule has 0 aromatic heterocycles. The topological polar surface area (TPSA) is 83.5 Å². The zero-order chi connectivity index (χ0) is 26.8. The molecule has 0 amide bonds. The van der Waals surface area contributed by atoms with Crippen LogP contribution in [0.3, 0.4) is 0 Å². The van der Waals surface area contributed by atoms with Gasteiger partial charge in [-0.2, -0.15) is 4.31 Å². The molecule has 1 atom stereocenters. The van der Waals surface area contributed by atoms with Gasteiger partial charge in [-0.3, -0.25) is 0 Å². The molecule has 1 unspecified atom stereocenters. The Kier molecular flexibility index (Phi) is 10.3. The molecule has 0 aliphatic rings. The summed E-state index contributed by atoms with van der Waals surface area (Å²) in [5, 5.41) is 0. The van der Waals surface area contributed by atoms with Crippen LogP contribution in [0.2, 0.25) is 0 Å². The fraction of sp³-hybridized carbons (Fsp3) is 0.357. The molecule has 0 aliphatic heterocycles. The maximum atomic E-state index is 14.0. The van der Waals surface area contributed by atoms with Gasteiger partial charge in [0.1, 0.15) is 5.75 Å². The fourth-order valence-corrected chi connectivity index (χ4v) is 5.93. The normalized spacial score (nSPS) is 12.5. The molecule has 0 heterocycles. The minimum absolute atomic E-state index is 0.0245. The number of para-hydroxylation sites is 1. The maximum Gasteiger partial charge on any atom is 0.219 e. The molecule has 0 bridgehead atoms. The van der Waals surface area contributed by atoms with Crippen LogP contribution in [0.25, 0.3) is 0 Å². The Balaban J connectivity index is 2.17. The molecule has 0 spiro atoms. The summed E-state index contributed by atoms with van der Waals surface area (Å²) in [4.78, 5) is 0. The first kappa shape index (κ1) is 28.5. The summed E-state index contributed by atoms with van der Waals surface area (Å²) in [5.41, 5.74) is 2.27. The predicted molar refractivity (Wildman–Crippen MR) is 143 cm³/mol. The van der Waals surface area contributed by atoms with E-state index in [1.54, 1.807) is 39.5 Å². The van der Waals surface area contributed by atoms with Crippen molar-refractivity contribution in [2.24, 2.45) is 0 Å². The van der Waals surface area contributed by atoms with Gasteiger partial charge in [0.2, 0.25) is 10.0 Å². The number of nitrogens with zero attached hydrogens (tertiary/aromatic N) is 1. The van der Waals surface area contributed by atoms with Crippen LogP contribution in [0.4, 0.5) is 0 Å². The summed E-state index contributed by atoms with van der Waals surface area (Å²) < 4.78 is 57.0. The Labute approximate surface area is 219 Å². The smallest absolute Gasteiger partial charge is 0.219 e. The van der Waals surface area contributed by atoms with E-state index in [9.17, 15) is 8.42 Å². The summed E-state index contributed by atoms with van der Waals surface area (Å²) in [5.74, 6) is 1.51.